The molecule has 0 aliphatic heterocycles. The number of hydrogen-bond acceptors (Lipinski definition) is 1. The molecule has 0 fully saturated rings. The van der Waals surface area contributed by atoms with Gasteiger partial charge >= 0.3 is 6.18 Å². The van der Waals surface area contributed by atoms with E-state index in [9.17, 15) is 13.2 Å². The van der Waals surface area contributed by atoms with E-state index in [2.05, 4.69) is 0 Å². The Balaban J connectivity index is 2.98. The van der Waals surface area contributed by atoms with E-state index in [0.717, 1.165) is 0 Å². The Hall–Kier alpha value is -0.740. The van der Waals surface area contributed by atoms with Crippen LogP contribution in [0.5, 0.6) is 0 Å². The number of hydrogen-bond donors (Lipinski definition) is 1. The minimum absolute atomic E-state index is 0.189. The van der Waals surface area contributed by atoms with E-state index in [1.807, 2.05) is 0 Å². The van der Waals surface area contributed by atoms with Gasteiger partial charge in [0.15, 0.2) is 0 Å². The Labute approximate surface area is 97.4 Å². The molecule has 0 aliphatic carbocycles. The number of benzene rings is 1. The van der Waals surface area contributed by atoms with E-state index in [0.29, 0.717) is 17.0 Å². The van der Waals surface area contributed by atoms with Gasteiger partial charge in [-0.1, -0.05) is 17.7 Å². The molecule has 1 rings (SSSR count). The first-order valence-corrected chi connectivity index (χ1v) is 5.25. The Kier molecular flexibility index (Phi) is 4.21. The highest BCUT2D eigenvalue weighted by molar-refractivity contribution is 6.30. The molecule has 0 spiro atoms. The minimum atomic E-state index is -4.21. The van der Waals surface area contributed by atoms with Crippen LogP contribution in [-0.2, 0) is 12.8 Å². The Morgan fingerprint density at radius 3 is 2.44 bits per heavy atom. The van der Waals surface area contributed by atoms with Gasteiger partial charge in [-0.15, -0.1) is 0 Å². The second-order valence-corrected chi connectivity index (χ2v) is 4.32. The summed E-state index contributed by atoms with van der Waals surface area (Å²) in [4.78, 5) is 0. The van der Waals surface area contributed by atoms with Crippen molar-refractivity contribution < 1.29 is 13.2 Å². The van der Waals surface area contributed by atoms with E-state index < -0.39 is 12.6 Å². The highest BCUT2D eigenvalue weighted by Gasteiger charge is 2.28. The van der Waals surface area contributed by atoms with Crippen molar-refractivity contribution in [1.82, 2.24) is 0 Å². The molecule has 0 saturated carbocycles. The maximum atomic E-state index is 12.3. The predicted octanol–water partition coefficient (Wildman–Crippen LogP) is 3.33. The summed E-state index contributed by atoms with van der Waals surface area (Å²) < 4.78 is 36.9. The topological polar surface area (TPSA) is 26.0 Å². The van der Waals surface area contributed by atoms with Crippen LogP contribution in [0.3, 0.4) is 0 Å². The van der Waals surface area contributed by atoms with E-state index >= 15 is 0 Å². The second kappa shape index (κ2) is 5.06. The summed E-state index contributed by atoms with van der Waals surface area (Å²) in [6.45, 7) is 1.75. The normalized spacial score (nSPS) is 13.9. The van der Waals surface area contributed by atoms with Gasteiger partial charge in [-0.05, 0) is 36.6 Å². The third-order valence-electron chi connectivity index (χ3n) is 2.10. The largest absolute Gasteiger partial charge is 0.393 e. The summed E-state index contributed by atoms with van der Waals surface area (Å²) >= 11 is 5.75. The van der Waals surface area contributed by atoms with Crippen LogP contribution in [0, 0.1) is 0 Å². The third kappa shape index (κ3) is 4.41. The van der Waals surface area contributed by atoms with Crippen molar-refractivity contribution in [3.05, 3.63) is 34.3 Å². The number of nitrogens with two attached hydrogens (primary N) is 1. The maximum absolute atomic E-state index is 12.3. The molecule has 0 heterocycles. The average Bonchev–Trinajstić information content (AvgIpc) is 2.06. The zero-order chi connectivity index (χ0) is 12.3. The maximum Gasteiger partial charge on any atom is 0.393 e. The van der Waals surface area contributed by atoms with Crippen LogP contribution in [0.2, 0.25) is 5.02 Å². The molecule has 90 valence electrons. The molecule has 5 heteroatoms. The molecule has 1 nitrogen and oxygen atoms in total. The third-order valence-corrected chi connectivity index (χ3v) is 2.34. The van der Waals surface area contributed by atoms with Crippen LogP contribution in [0.1, 0.15) is 18.1 Å². The van der Waals surface area contributed by atoms with E-state index in [1.54, 1.807) is 13.0 Å². The Morgan fingerprint density at radius 1 is 1.31 bits per heavy atom. The summed E-state index contributed by atoms with van der Waals surface area (Å²) in [5, 5.41) is 0.432. The lowest BCUT2D eigenvalue weighted by molar-refractivity contribution is -0.127. The summed E-state index contributed by atoms with van der Waals surface area (Å²) in [6.07, 6.45) is -4.75. The van der Waals surface area contributed by atoms with E-state index in [1.165, 1.54) is 12.1 Å². The predicted molar refractivity (Wildman–Crippen MR) is 58.6 cm³/mol. The van der Waals surface area contributed by atoms with Gasteiger partial charge in [0, 0.05) is 11.1 Å². The molecular weight excluding hydrogens is 239 g/mol. The minimum Gasteiger partial charge on any atom is -0.328 e. The van der Waals surface area contributed by atoms with Crippen molar-refractivity contribution in [2.24, 2.45) is 5.73 Å². The highest BCUT2D eigenvalue weighted by atomic mass is 35.5. The first-order chi connectivity index (χ1) is 7.28. The fourth-order valence-electron chi connectivity index (χ4n) is 1.52. The number of rotatable bonds is 3. The van der Waals surface area contributed by atoms with Gasteiger partial charge < -0.3 is 5.73 Å². The lowest BCUT2D eigenvalue weighted by Gasteiger charge is -2.13. The Morgan fingerprint density at radius 2 is 1.94 bits per heavy atom. The molecular formula is C11H13ClF3N. The molecule has 0 radical (unpaired) electrons. The molecule has 0 amide bonds. The lowest BCUT2D eigenvalue weighted by Crippen LogP contribution is -2.20. The Bertz CT molecular complexity index is 361. The lowest BCUT2D eigenvalue weighted by atomic mass is 9.99. The summed E-state index contributed by atoms with van der Waals surface area (Å²) in [7, 11) is 0. The van der Waals surface area contributed by atoms with Crippen molar-refractivity contribution >= 4 is 11.6 Å². The van der Waals surface area contributed by atoms with Gasteiger partial charge in [-0.3, -0.25) is 0 Å². The SMILES string of the molecule is CC(N)Cc1cc(Cl)ccc1CC(F)(F)F. The summed E-state index contributed by atoms with van der Waals surface area (Å²) in [6, 6.07) is 4.23. The molecule has 1 unspecified atom stereocenters. The van der Waals surface area contributed by atoms with Crippen molar-refractivity contribution in [2.75, 3.05) is 0 Å². The molecule has 1 aromatic rings. The van der Waals surface area contributed by atoms with Crippen molar-refractivity contribution in [3.8, 4) is 0 Å². The molecule has 2 N–H and O–H groups in total. The second-order valence-electron chi connectivity index (χ2n) is 3.89. The highest BCUT2D eigenvalue weighted by Crippen LogP contribution is 2.26. The van der Waals surface area contributed by atoms with Crippen LogP contribution in [0.4, 0.5) is 13.2 Å². The van der Waals surface area contributed by atoms with Crippen molar-refractivity contribution in [3.63, 3.8) is 0 Å². The van der Waals surface area contributed by atoms with Crippen molar-refractivity contribution in [1.29, 1.82) is 0 Å². The van der Waals surface area contributed by atoms with Gasteiger partial charge in [0.25, 0.3) is 0 Å². The van der Waals surface area contributed by atoms with Crippen LogP contribution in [0.15, 0.2) is 18.2 Å². The monoisotopic (exact) mass is 251 g/mol. The number of alkyl halides is 3. The van der Waals surface area contributed by atoms with Gasteiger partial charge in [-0.2, -0.15) is 13.2 Å². The van der Waals surface area contributed by atoms with Crippen LogP contribution >= 0.6 is 11.6 Å². The zero-order valence-electron chi connectivity index (χ0n) is 8.81. The van der Waals surface area contributed by atoms with Crippen LogP contribution < -0.4 is 5.73 Å². The fraction of sp³-hybridized carbons (Fsp3) is 0.455. The average molecular weight is 252 g/mol. The summed E-state index contributed by atoms with van der Waals surface area (Å²) in [5.74, 6) is 0. The van der Waals surface area contributed by atoms with Crippen molar-refractivity contribution in [2.45, 2.75) is 32.0 Å². The molecule has 1 atom stereocenters. The van der Waals surface area contributed by atoms with Crippen LogP contribution in [0.25, 0.3) is 0 Å². The molecule has 0 aromatic heterocycles. The first-order valence-electron chi connectivity index (χ1n) is 4.87. The van der Waals surface area contributed by atoms with Gasteiger partial charge in [0.05, 0.1) is 6.42 Å². The number of halogens is 4. The van der Waals surface area contributed by atoms with Crippen LogP contribution in [-0.4, -0.2) is 12.2 Å². The molecule has 1 aromatic carbocycles. The smallest absolute Gasteiger partial charge is 0.328 e. The summed E-state index contributed by atoms with van der Waals surface area (Å²) in [5.41, 5.74) is 6.40. The molecule has 0 bridgehead atoms. The zero-order valence-corrected chi connectivity index (χ0v) is 9.57. The van der Waals surface area contributed by atoms with E-state index in [-0.39, 0.29) is 11.6 Å². The van der Waals surface area contributed by atoms with Gasteiger partial charge in [-0.25, -0.2) is 0 Å². The van der Waals surface area contributed by atoms with Gasteiger partial charge in [0.1, 0.15) is 0 Å². The molecule has 0 saturated heterocycles. The fourth-order valence-corrected chi connectivity index (χ4v) is 1.71. The molecule has 0 aliphatic rings. The van der Waals surface area contributed by atoms with Gasteiger partial charge in [0.2, 0.25) is 0 Å². The molecule has 16 heavy (non-hydrogen) atoms. The standard InChI is InChI=1S/C11H13ClF3N/c1-7(16)4-9-5-10(12)3-2-8(9)6-11(13,14)15/h2-3,5,7H,4,6,16H2,1H3. The van der Waals surface area contributed by atoms with E-state index in [4.69, 9.17) is 17.3 Å². The first kappa shape index (κ1) is 13.3. The quantitative estimate of drug-likeness (QED) is 0.876.